The highest BCUT2D eigenvalue weighted by Gasteiger charge is 2.19. The Morgan fingerprint density at radius 1 is 1.50 bits per heavy atom. The molecule has 0 saturated heterocycles. The van der Waals surface area contributed by atoms with Gasteiger partial charge in [0, 0.05) is 12.6 Å². The Balaban J connectivity index is 2.69. The summed E-state index contributed by atoms with van der Waals surface area (Å²) in [5.74, 6) is 0.721. The second-order valence-electron chi connectivity index (χ2n) is 3.53. The van der Waals surface area contributed by atoms with Crippen LogP contribution in [0.3, 0.4) is 0 Å². The first kappa shape index (κ1) is 7.80. The number of hydrogen-bond donors (Lipinski definition) is 0. The summed E-state index contributed by atoms with van der Waals surface area (Å²) < 4.78 is 0. The maximum Gasteiger partial charge on any atom is 0.0190 e. The summed E-state index contributed by atoms with van der Waals surface area (Å²) >= 11 is 0. The Morgan fingerprint density at radius 3 is 2.60 bits per heavy atom. The zero-order valence-corrected chi connectivity index (χ0v) is 7.39. The van der Waals surface area contributed by atoms with Crippen molar-refractivity contribution in [1.82, 2.24) is 4.90 Å². The fraction of sp³-hybridized carbons (Fsp3) is 0.778. The molecule has 0 aliphatic carbocycles. The van der Waals surface area contributed by atoms with Crippen molar-refractivity contribution in [2.45, 2.75) is 26.8 Å². The zero-order valence-electron chi connectivity index (χ0n) is 7.39. The molecule has 0 amide bonds. The molecule has 2 unspecified atom stereocenters. The Bertz CT molecular complexity index is 149. The van der Waals surface area contributed by atoms with Crippen molar-refractivity contribution in [2.24, 2.45) is 5.92 Å². The quantitative estimate of drug-likeness (QED) is 0.463. The molecular formula is C9H17N. The Labute approximate surface area is 63.7 Å². The van der Waals surface area contributed by atoms with Crippen LogP contribution in [0.2, 0.25) is 0 Å². The lowest BCUT2D eigenvalue weighted by atomic mass is 9.95. The summed E-state index contributed by atoms with van der Waals surface area (Å²) in [5, 5.41) is 0. The number of hydrogen-bond acceptors (Lipinski definition) is 1. The van der Waals surface area contributed by atoms with E-state index in [9.17, 15) is 0 Å². The Morgan fingerprint density at radius 2 is 2.10 bits per heavy atom. The molecular weight excluding hydrogens is 122 g/mol. The van der Waals surface area contributed by atoms with E-state index in [0.29, 0.717) is 6.04 Å². The molecule has 0 bridgehead atoms. The molecule has 1 aliphatic rings. The van der Waals surface area contributed by atoms with E-state index < -0.39 is 0 Å². The van der Waals surface area contributed by atoms with E-state index in [2.05, 4.69) is 38.8 Å². The van der Waals surface area contributed by atoms with Crippen LogP contribution in [0.15, 0.2) is 11.6 Å². The van der Waals surface area contributed by atoms with Crippen molar-refractivity contribution in [2.75, 3.05) is 13.6 Å². The maximum absolute atomic E-state index is 2.40. The lowest BCUT2D eigenvalue weighted by Gasteiger charge is -2.33. The molecule has 2 atom stereocenters. The third-order valence-electron chi connectivity index (χ3n) is 2.50. The zero-order chi connectivity index (χ0) is 7.72. The van der Waals surface area contributed by atoms with Gasteiger partial charge >= 0.3 is 0 Å². The maximum atomic E-state index is 2.40. The van der Waals surface area contributed by atoms with Gasteiger partial charge in [0.05, 0.1) is 0 Å². The molecule has 0 spiro atoms. The number of rotatable bonds is 0. The van der Waals surface area contributed by atoms with Crippen LogP contribution >= 0.6 is 0 Å². The lowest BCUT2D eigenvalue weighted by Crippen LogP contribution is -2.38. The predicted molar refractivity (Wildman–Crippen MR) is 45.0 cm³/mol. The molecule has 0 fully saturated rings. The first-order valence-corrected chi connectivity index (χ1v) is 3.99. The van der Waals surface area contributed by atoms with E-state index in [1.54, 1.807) is 0 Å². The van der Waals surface area contributed by atoms with Crippen LogP contribution in [0.4, 0.5) is 0 Å². The molecule has 1 nitrogen and oxygen atoms in total. The van der Waals surface area contributed by atoms with Crippen LogP contribution in [-0.4, -0.2) is 24.5 Å². The molecule has 0 saturated carbocycles. The van der Waals surface area contributed by atoms with Gasteiger partial charge in [0.1, 0.15) is 0 Å². The van der Waals surface area contributed by atoms with E-state index >= 15 is 0 Å². The highest BCUT2D eigenvalue weighted by Crippen LogP contribution is 2.18. The van der Waals surface area contributed by atoms with Crippen LogP contribution in [-0.2, 0) is 0 Å². The highest BCUT2D eigenvalue weighted by molar-refractivity contribution is 5.08. The Kier molecular flexibility index (Phi) is 2.14. The molecule has 0 aromatic carbocycles. The third kappa shape index (κ3) is 1.40. The van der Waals surface area contributed by atoms with Gasteiger partial charge in [0.15, 0.2) is 0 Å². The van der Waals surface area contributed by atoms with Crippen LogP contribution in [0.1, 0.15) is 20.8 Å². The Hall–Kier alpha value is -0.300. The van der Waals surface area contributed by atoms with Crippen molar-refractivity contribution >= 4 is 0 Å². The predicted octanol–water partition coefficient (Wildman–Crippen LogP) is 1.90. The van der Waals surface area contributed by atoms with E-state index in [4.69, 9.17) is 0 Å². The van der Waals surface area contributed by atoms with Gasteiger partial charge in [-0.15, -0.1) is 0 Å². The molecule has 10 heavy (non-hydrogen) atoms. The van der Waals surface area contributed by atoms with Crippen molar-refractivity contribution < 1.29 is 0 Å². The minimum Gasteiger partial charge on any atom is -0.299 e. The minimum absolute atomic E-state index is 0.712. The second-order valence-corrected chi connectivity index (χ2v) is 3.53. The largest absolute Gasteiger partial charge is 0.299 e. The number of likely N-dealkylation sites (N-methyl/N-ethyl adjacent to an activating group) is 1. The molecule has 0 aromatic heterocycles. The smallest absolute Gasteiger partial charge is 0.0190 e. The summed E-state index contributed by atoms with van der Waals surface area (Å²) in [6.45, 7) is 7.92. The standard InChI is InChI=1S/C9H17N/c1-7-5-8(2)9(3)10(4)6-7/h5,8-9H,6H2,1-4H3. The summed E-state index contributed by atoms with van der Waals surface area (Å²) in [4.78, 5) is 2.40. The first-order valence-electron chi connectivity index (χ1n) is 3.99. The SMILES string of the molecule is CC1=CC(C)C(C)N(C)C1. The van der Waals surface area contributed by atoms with Gasteiger partial charge in [-0.3, -0.25) is 4.90 Å². The van der Waals surface area contributed by atoms with Crippen molar-refractivity contribution in [3.63, 3.8) is 0 Å². The fourth-order valence-electron chi connectivity index (χ4n) is 1.58. The molecule has 0 N–H and O–H groups in total. The van der Waals surface area contributed by atoms with Gasteiger partial charge in [-0.05, 0) is 26.8 Å². The third-order valence-corrected chi connectivity index (χ3v) is 2.50. The molecule has 0 aromatic rings. The minimum atomic E-state index is 0.712. The van der Waals surface area contributed by atoms with E-state index in [0.717, 1.165) is 12.5 Å². The number of nitrogens with zero attached hydrogens (tertiary/aromatic N) is 1. The van der Waals surface area contributed by atoms with Crippen molar-refractivity contribution in [3.8, 4) is 0 Å². The average Bonchev–Trinajstić information content (AvgIpc) is 1.82. The van der Waals surface area contributed by atoms with Gasteiger partial charge in [-0.2, -0.15) is 0 Å². The van der Waals surface area contributed by atoms with Crippen LogP contribution < -0.4 is 0 Å². The highest BCUT2D eigenvalue weighted by atomic mass is 15.1. The van der Waals surface area contributed by atoms with E-state index in [-0.39, 0.29) is 0 Å². The van der Waals surface area contributed by atoms with Gasteiger partial charge < -0.3 is 0 Å². The molecule has 1 aliphatic heterocycles. The summed E-state index contributed by atoms with van der Waals surface area (Å²) in [6.07, 6.45) is 2.38. The molecule has 58 valence electrons. The monoisotopic (exact) mass is 139 g/mol. The fourth-order valence-corrected chi connectivity index (χ4v) is 1.58. The molecule has 0 radical (unpaired) electrons. The average molecular weight is 139 g/mol. The van der Waals surface area contributed by atoms with E-state index in [1.165, 1.54) is 5.57 Å². The normalized spacial score (nSPS) is 35.8. The van der Waals surface area contributed by atoms with Crippen molar-refractivity contribution in [3.05, 3.63) is 11.6 Å². The molecule has 1 heteroatoms. The molecule has 1 heterocycles. The van der Waals surface area contributed by atoms with Crippen LogP contribution in [0.5, 0.6) is 0 Å². The second kappa shape index (κ2) is 2.75. The van der Waals surface area contributed by atoms with Gasteiger partial charge in [-0.1, -0.05) is 18.6 Å². The van der Waals surface area contributed by atoms with E-state index in [1.807, 2.05) is 0 Å². The van der Waals surface area contributed by atoms with Crippen molar-refractivity contribution in [1.29, 1.82) is 0 Å². The van der Waals surface area contributed by atoms with Gasteiger partial charge in [-0.25, -0.2) is 0 Å². The van der Waals surface area contributed by atoms with Gasteiger partial charge in [0.2, 0.25) is 0 Å². The summed E-state index contributed by atoms with van der Waals surface area (Å²) in [5.41, 5.74) is 1.51. The topological polar surface area (TPSA) is 3.24 Å². The molecule has 1 rings (SSSR count). The van der Waals surface area contributed by atoms with Crippen LogP contribution in [0, 0.1) is 5.92 Å². The van der Waals surface area contributed by atoms with Gasteiger partial charge in [0.25, 0.3) is 0 Å². The summed E-state index contributed by atoms with van der Waals surface area (Å²) in [7, 11) is 2.19. The van der Waals surface area contributed by atoms with Crippen LogP contribution in [0.25, 0.3) is 0 Å². The summed E-state index contributed by atoms with van der Waals surface area (Å²) in [6, 6.07) is 0.712. The first-order chi connectivity index (χ1) is 4.61. The lowest BCUT2D eigenvalue weighted by molar-refractivity contribution is 0.222.